The summed E-state index contributed by atoms with van der Waals surface area (Å²) in [6.45, 7) is 3.51. The van der Waals surface area contributed by atoms with Gasteiger partial charge in [-0.15, -0.1) is 0 Å². The number of carbonyl (C=O) groups excluding carboxylic acids is 4. The van der Waals surface area contributed by atoms with Crippen molar-refractivity contribution in [2.24, 2.45) is 11.8 Å². The number of nitrogens with zero attached hydrogens (tertiary/aromatic N) is 1. The molecule has 0 radical (unpaired) electrons. The van der Waals surface area contributed by atoms with E-state index in [-0.39, 0.29) is 51.3 Å². The van der Waals surface area contributed by atoms with Crippen molar-refractivity contribution in [3.05, 3.63) is 64.7 Å². The minimum absolute atomic E-state index is 0.138. The number of aryl methyl sites for hydroxylation is 2. The second-order valence-corrected chi connectivity index (χ2v) is 10.9. The average Bonchev–Trinajstić information content (AvgIpc) is 3.03. The zero-order valence-electron chi connectivity index (χ0n) is 18.2. The number of hydrogen-bond acceptors (Lipinski definition) is 5. The van der Waals surface area contributed by atoms with Crippen molar-refractivity contribution < 1.29 is 23.9 Å². The van der Waals surface area contributed by atoms with E-state index in [0.29, 0.717) is 24.1 Å². The van der Waals surface area contributed by atoms with Crippen LogP contribution >= 0.6 is 31.9 Å². The number of esters is 1. The van der Waals surface area contributed by atoms with Gasteiger partial charge in [0.25, 0.3) is 0 Å². The molecule has 0 N–H and O–H groups in total. The first-order valence-corrected chi connectivity index (χ1v) is 12.5. The Bertz CT molecular complexity index is 1100. The number of fused-ring (bicyclic) bond motifs is 1. The molecule has 4 rings (SSSR count). The highest BCUT2D eigenvalue weighted by Gasteiger charge is 2.52. The Hall–Kier alpha value is -2.32. The van der Waals surface area contributed by atoms with Crippen molar-refractivity contribution in [1.29, 1.82) is 0 Å². The van der Waals surface area contributed by atoms with Gasteiger partial charge in [-0.25, -0.2) is 4.79 Å². The fraction of sp³-hybridized carbons (Fsp3) is 0.360. The molecule has 2 aromatic carbocycles. The Morgan fingerprint density at radius 1 is 0.879 bits per heavy atom. The van der Waals surface area contributed by atoms with Crippen LogP contribution in [0.15, 0.2) is 42.5 Å². The minimum atomic E-state index is -0.643. The van der Waals surface area contributed by atoms with Gasteiger partial charge in [0, 0.05) is 15.2 Å². The summed E-state index contributed by atoms with van der Waals surface area (Å²) in [6.07, 6.45) is 1.20. The van der Waals surface area contributed by atoms with E-state index in [4.69, 9.17) is 4.74 Å². The molecule has 172 valence electrons. The number of carbonyl (C=O) groups is 4. The molecule has 2 aliphatic rings. The number of rotatable bonds is 5. The van der Waals surface area contributed by atoms with Gasteiger partial charge in [0.05, 0.1) is 23.1 Å². The lowest BCUT2D eigenvalue weighted by Crippen LogP contribution is -2.34. The summed E-state index contributed by atoms with van der Waals surface area (Å²) in [5.74, 6) is -2.01. The van der Waals surface area contributed by atoms with Crippen LogP contribution in [-0.2, 0) is 14.3 Å². The molecule has 4 atom stereocenters. The summed E-state index contributed by atoms with van der Waals surface area (Å²) in [5.41, 5.74) is 3.23. The van der Waals surface area contributed by atoms with Crippen molar-refractivity contribution in [2.45, 2.75) is 36.3 Å². The number of amides is 2. The molecule has 1 aliphatic carbocycles. The van der Waals surface area contributed by atoms with E-state index in [0.717, 1.165) is 11.1 Å². The van der Waals surface area contributed by atoms with E-state index in [2.05, 4.69) is 31.9 Å². The SMILES string of the molecule is Cc1ccc(C(=O)COC(=O)c2ccc(N3C(=O)[C@H]4C[C@@H](Br)[C@@H](Br)C[C@H]4C3=O)cc2)cc1C. The lowest BCUT2D eigenvalue weighted by atomic mass is 9.81. The third-order valence-corrected chi connectivity index (χ3v) is 9.17. The van der Waals surface area contributed by atoms with Crippen molar-refractivity contribution in [1.82, 2.24) is 0 Å². The van der Waals surface area contributed by atoms with Crippen molar-refractivity contribution in [3.63, 3.8) is 0 Å². The number of hydrogen-bond donors (Lipinski definition) is 0. The normalized spacial score (nSPS) is 24.5. The molecule has 0 spiro atoms. The van der Waals surface area contributed by atoms with Crippen LogP contribution in [0.25, 0.3) is 0 Å². The van der Waals surface area contributed by atoms with E-state index in [1.54, 1.807) is 24.3 Å². The van der Waals surface area contributed by atoms with E-state index >= 15 is 0 Å². The number of alkyl halides is 2. The molecule has 0 aromatic heterocycles. The van der Waals surface area contributed by atoms with Crippen LogP contribution in [-0.4, -0.2) is 39.8 Å². The van der Waals surface area contributed by atoms with E-state index < -0.39 is 5.97 Å². The number of anilines is 1. The van der Waals surface area contributed by atoms with Crippen LogP contribution in [0, 0.1) is 25.7 Å². The maximum absolute atomic E-state index is 12.9. The quantitative estimate of drug-likeness (QED) is 0.222. The summed E-state index contributed by atoms with van der Waals surface area (Å²) >= 11 is 7.16. The molecular weight excluding hydrogens is 554 g/mol. The number of halogens is 2. The maximum Gasteiger partial charge on any atom is 0.338 e. The maximum atomic E-state index is 12.9. The first-order valence-electron chi connectivity index (χ1n) is 10.7. The molecular formula is C25H23Br2NO5. The van der Waals surface area contributed by atoms with Gasteiger partial charge in [0.15, 0.2) is 12.4 Å². The smallest absolute Gasteiger partial charge is 0.338 e. The monoisotopic (exact) mass is 575 g/mol. The van der Waals surface area contributed by atoms with Gasteiger partial charge in [0.2, 0.25) is 11.8 Å². The summed E-state index contributed by atoms with van der Waals surface area (Å²) < 4.78 is 5.18. The van der Waals surface area contributed by atoms with Gasteiger partial charge in [0.1, 0.15) is 0 Å². The number of ether oxygens (including phenoxy) is 1. The average molecular weight is 577 g/mol. The van der Waals surface area contributed by atoms with Crippen molar-refractivity contribution in [3.8, 4) is 0 Å². The highest BCUT2D eigenvalue weighted by atomic mass is 79.9. The van der Waals surface area contributed by atoms with Gasteiger partial charge in [-0.1, -0.05) is 44.0 Å². The molecule has 0 bridgehead atoms. The summed E-state index contributed by atoms with van der Waals surface area (Å²) in [5, 5.41) is 0. The second-order valence-electron chi connectivity index (χ2n) is 8.57. The highest BCUT2D eigenvalue weighted by molar-refractivity contribution is 9.12. The largest absolute Gasteiger partial charge is 0.454 e. The molecule has 1 saturated heterocycles. The standard InChI is InChI=1S/C25H23Br2NO5/c1-13-3-4-16(9-14(13)2)22(29)12-33-25(32)15-5-7-17(8-6-15)28-23(30)18-10-20(26)21(27)11-19(18)24(28)31/h3-9,18-21H,10-12H2,1-2H3/t18-,19+,20+,21-. The highest BCUT2D eigenvalue weighted by Crippen LogP contribution is 2.44. The van der Waals surface area contributed by atoms with Gasteiger partial charge in [-0.05, 0) is 68.1 Å². The molecule has 1 heterocycles. The van der Waals surface area contributed by atoms with Crippen LogP contribution in [0.1, 0.15) is 44.7 Å². The number of Topliss-reactive ketones (excluding diaryl/α,β-unsaturated/α-hetero) is 1. The molecule has 8 heteroatoms. The molecule has 2 aromatic rings. The number of imide groups is 1. The third-order valence-electron chi connectivity index (χ3n) is 6.44. The molecule has 33 heavy (non-hydrogen) atoms. The summed E-state index contributed by atoms with van der Waals surface area (Å²) in [6, 6.07) is 11.5. The first kappa shape index (κ1) is 23.8. The van der Waals surface area contributed by atoms with E-state index in [9.17, 15) is 19.2 Å². The van der Waals surface area contributed by atoms with E-state index in [1.807, 2.05) is 19.9 Å². The molecule has 6 nitrogen and oxygen atoms in total. The van der Waals surface area contributed by atoms with Crippen molar-refractivity contribution >= 4 is 61.1 Å². The van der Waals surface area contributed by atoms with Crippen LogP contribution < -0.4 is 4.90 Å². The zero-order valence-corrected chi connectivity index (χ0v) is 21.4. The second kappa shape index (κ2) is 9.50. The van der Waals surface area contributed by atoms with Crippen LogP contribution in [0.4, 0.5) is 5.69 Å². The Kier molecular flexibility index (Phi) is 6.86. The summed E-state index contributed by atoms with van der Waals surface area (Å²) in [4.78, 5) is 52.1. The fourth-order valence-electron chi connectivity index (χ4n) is 4.31. The van der Waals surface area contributed by atoms with Gasteiger partial charge in [-0.2, -0.15) is 0 Å². The van der Waals surface area contributed by atoms with Crippen LogP contribution in [0.3, 0.4) is 0 Å². The Morgan fingerprint density at radius 3 is 1.97 bits per heavy atom. The summed E-state index contributed by atoms with van der Waals surface area (Å²) in [7, 11) is 0. The topological polar surface area (TPSA) is 80.8 Å². The number of benzene rings is 2. The number of ketones is 1. The zero-order chi connectivity index (χ0) is 23.9. The lowest BCUT2D eigenvalue weighted by molar-refractivity contribution is -0.122. The Balaban J connectivity index is 1.41. The molecule has 1 saturated carbocycles. The Labute approximate surface area is 208 Å². The van der Waals surface area contributed by atoms with Gasteiger partial charge < -0.3 is 4.74 Å². The molecule has 0 unspecified atom stereocenters. The Morgan fingerprint density at radius 2 is 1.42 bits per heavy atom. The predicted molar refractivity (Wildman–Crippen MR) is 131 cm³/mol. The van der Waals surface area contributed by atoms with Crippen LogP contribution in [0.2, 0.25) is 0 Å². The molecule has 1 aliphatic heterocycles. The molecule has 2 fully saturated rings. The first-order chi connectivity index (χ1) is 15.7. The molecule has 2 amide bonds. The predicted octanol–water partition coefficient (Wildman–Crippen LogP) is 4.77. The van der Waals surface area contributed by atoms with Gasteiger partial charge >= 0.3 is 5.97 Å². The van der Waals surface area contributed by atoms with Gasteiger partial charge in [-0.3, -0.25) is 19.3 Å². The van der Waals surface area contributed by atoms with E-state index in [1.165, 1.54) is 17.0 Å². The van der Waals surface area contributed by atoms with Crippen molar-refractivity contribution in [2.75, 3.05) is 11.5 Å². The van der Waals surface area contributed by atoms with Crippen LogP contribution in [0.5, 0.6) is 0 Å². The lowest BCUT2D eigenvalue weighted by Gasteiger charge is -2.29. The third kappa shape index (κ3) is 4.68. The minimum Gasteiger partial charge on any atom is -0.454 e. The fourth-order valence-corrected chi connectivity index (χ4v) is 5.55.